The number of anilines is 1. The first kappa shape index (κ1) is 19.6. The lowest BCUT2D eigenvalue weighted by molar-refractivity contribution is -0.118. The summed E-state index contributed by atoms with van der Waals surface area (Å²) in [6.45, 7) is 4.42. The molecule has 0 radical (unpaired) electrons. The number of amides is 1. The van der Waals surface area contributed by atoms with E-state index in [1.165, 1.54) is 6.07 Å². The third-order valence-corrected chi connectivity index (χ3v) is 6.20. The van der Waals surface area contributed by atoms with Gasteiger partial charge < -0.3 is 14.8 Å². The largest absolute Gasteiger partial charge is 0.454 e. The summed E-state index contributed by atoms with van der Waals surface area (Å²) in [7, 11) is 0. The van der Waals surface area contributed by atoms with Gasteiger partial charge in [0.2, 0.25) is 12.7 Å². The Hall–Kier alpha value is -3.34. The molecule has 1 aliphatic carbocycles. The van der Waals surface area contributed by atoms with Gasteiger partial charge in [0.05, 0.1) is 5.41 Å². The summed E-state index contributed by atoms with van der Waals surface area (Å²) in [4.78, 5) is 13.2. The zero-order valence-corrected chi connectivity index (χ0v) is 17.6. The van der Waals surface area contributed by atoms with Gasteiger partial charge in [0, 0.05) is 11.3 Å². The standard InChI is InChI=1S/C26H24FNO3/c1-16(2)17-4-3-5-18(12-17)21-14-20(7-8-22(21)27)28-25(29)26(10-11-26)19-6-9-23-24(13-19)31-15-30-23/h3-9,12-14,16H,10-11,15H2,1-2H3,(H,28,29). The maximum atomic E-state index is 14.6. The molecule has 31 heavy (non-hydrogen) atoms. The lowest BCUT2D eigenvalue weighted by Crippen LogP contribution is -2.27. The second kappa shape index (κ2) is 7.41. The molecule has 158 valence electrons. The van der Waals surface area contributed by atoms with E-state index in [2.05, 4.69) is 19.2 Å². The summed E-state index contributed by atoms with van der Waals surface area (Å²) in [6.07, 6.45) is 1.53. The maximum absolute atomic E-state index is 14.6. The molecular formula is C26H24FNO3. The second-order valence-corrected chi connectivity index (χ2v) is 8.58. The number of carbonyl (C=O) groups is 1. The molecule has 1 heterocycles. The van der Waals surface area contributed by atoms with E-state index in [9.17, 15) is 9.18 Å². The normalized spacial score (nSPS) is 15.7. The summed E-state index contributed by atoms with van der Waals surface area (Å²) >= 11 is 0. The number of nitrogens with one attached hydrogen (secondary N) is 1. The maximum Gasteiger partial charge on any atom is 0.235 e. The number of hydrogen-bond donors (Lipinski definition) is 1. The summed E-state index contributed by atoms with van der Waals surface area (Å²) in [5, 5.41) is 3.01. The molecule has 3 aromatic rings. The van der Waals surface area contributed by atoms with Crippen LogP contribution in [-0.2, 0) is 10.2 Å². The van der Waals surface area contributed by atoms with Crippen LogP contribution in [0.1, 0.15) is 43.7 Å². The molecule has 5 heteroatoms. The Labute approximate surface area is 181 Å². The number of carbonyl (C=O) groups excluding carboxylic acids is 1. The van der Waals surface area contributed by atoms with Crippen LogP contribution in [0, 0.1) is 5.82 Å². The first-order valence-electron chi connectivity index (χ1n) is 10.6. The van der Waals surface area contributed by atoms with E-state index in [-0.39, 0.29) is 18.5 Å². The van der Waals surface area contributed by atoms with Gasteiger partial charge in [-0.2, -0.15) is 0 Å². The molecule has 5 rings (SSSR count). The van der Waals surface area contributed by atoms with E-state index in [0.717, 1.165) is 29.5 Å². The van der Waals surface area contributed by atoms with Gasteiger partial charge >= 0.3 is 0 Å². The van der Waals surface area contributed by atoms with Crippen LogP contribution in [0.5, 0.6) is 11.5 Å². The fraction of sp³-hybridized carbons (Fsp3) is 0.269. The number of fused-ring (bicyclic) bond motifs is 1. The van der Waals surface area contributed by atoms with Crippen molar-refractivity contribution in [3.05, 3.63) is 77.6 Å². The second-order valence-electron chi connectivity index (χ2n) is 8.58. The Balaban J connectivity index is 1.41. The van der Waals surface area contributed by atoms with Gasteiger partial charge in [-0.25, -0.2) is 4.39 Å². The van der Waals surface area contributed by atoms with Crippen LogP contribution in [0.25, 0.3) is 11.1 Å². The molecule has 0 bridgehead atoms. The molecule has 1 saturated carbocycles. The zero-order valence-electron chi connectivity index (χ0n) is 17.6. The van der Waals surface area contributed by atoms with Gasteiger partial charge in [0.15, 0.2) is 11.5 Å². The third kappa shape index (κ3) is 3.54. The van der Waals surface area contributed by atoms with Crippen molar-refractivity contribution in [2.75, 3.05) is 12.1 Å². The molecule has 1 amide bonds. The highest BCUT2D eigenvalue weighted by molar-refractivity contribution is 6.01. The van der Waals surface area contributed by atoms with E-state index in [1.807, 2.05) is 42.5 Å². The van der Waals surface area contributed by atoms with Crippen LogP contribution in [0.3, 0.4) is 0 Å². The minimum Gasteiger partial charge on any atom is -0.454 e. The topological polar surface area (TPSA) is 47.6 Å². The van der Waals surface area contributed by atoms with Crippen molar-refractivity contribution in [2.24, 2.45) is 0 Å². The van der Waals surface area contributed by atoms with E-state index < -0.39 is 5.41 Å². The van der Waals surface area contributed by atoms with Crippen LogP contribution in [0.2, 0.25) is 0 Å². The summed E-state index contributed by atoms with van der Waals surface area (Å²) < 4.78 is 25.5. The highest BCUT2D eigenvalue weighted by Gasteiger charge is 2.51. The average Bonchev–Trinajstić information content (AvgIpc) is 3.46. The van der Waals surface area contributed by atoms with E-state index in [4.69, 9.17) is 9.47 Å². The fourth-order valence-electron chi connectivity index (χ4n) is 4.11. The quantitative estimate of drug-likeness (QED) is 0.553. The number of rotatable bonds is 5. The highest BCUT2D eigenvalue weighted by atomic mass is 19.1. The first-order chi connectivity index (χ1) is 15.0. The fourth-order valence-corrected chi connectivity index (χ4v) is 4.11. The number of ether oxygens (including phenoxy) is 2. The van der Waals surface area contributed by atoms with Crippen molar-refractivity contribution >= 4 is 11.6 Å². The van der Waals surface area contributed by atoms with Gasteiger partial charge in [0.25, 0.3) is 0 Å². The van der Waals surface area contributed by atoms with Gasteiger partial charge in [-0.1, -0.05) is 44.2 Å². The molecule has 0 saturated heterocycles. The Kier molecular flexibility index (Phi) is 4.69. The number of benzene rings is 3. The Morgan fingerprint density at radius 2 is 1.81 bits per heavy atom. The number of hydrogen-bond acceptors (Lipinski definition) is 3. The molecular weight excluding hydrogens is 393 g/mol. The molecule has 0 atom stereocenters. The van der Waals surface area contributed by atoms with Gasteiger partial charge in [-0.3, -0.25) is 4.79 Å². The van der Waals surface area contributed by atoms with Crippen LogP contribution in [0.4, 0.5) is 10.1 Å². The van der Waals surface area contributed by atoms with Gasteiger partial charge in [-0.15, -0.1) is 0 Å². The molecule has 1 fully saturated rings. The monoisotopic (exact) mass is 417 g/mol. The van der Waals surface area contributed by atoms with Crippen molar-refractivity contribution in [3.8, 4) is 22.6 Å². The molecule has 4 nitrogen and oxygen atoms in total. The van der Waals surface area contributed by atoms with E-state index >= 15 is 0 Å². The highest BCUT2D eigenvalue weighted by Crippen LogP contribution is 2.51. The Bertz CT molecular complexity index is 1170. The molecule has 3 aromatic carbocycles. The van der Waals surface area contributed by atoms with Crippen molar-refractivity contribution in [1.82, 2.24) is 0 Å². The SMILES string of the molecule is CC(C)c1cccc(-c2cc(NC(=O)C3(c4ccc5c(c4)OCO5)CC3)ccc2F)c1. The lowest BCUT2D eigenvalue weighted by atomic mass is 9.94. The van der Waals surface area contributed by atoms with Crippen molar-refractivity contribution in [2.45, 2.75) is 38.0 Å². The molecule has 0 spiro atoms. The number of halogens is 1. The lowest BCUT2D eigenvalue weighted by Gasteiger charge is -2.17. The molecule has 0 aromatic heterocycles. The van der Waals surface area contributed by atoms with Crippen LogP contribution in [-0.4, -0.2) is 12.7 Å². The van der Waals surface area contributed by atoms with E-state index in [1.54, 1.807) is 12.1 Å². The Morgan fingerprint density at radius 3 is 2.58 bits per heavy atom. The summed E-state index contributed by atoms with van der Waals surface area (Å²) in [6, 6.07) is 18.3. The first-order valence-corrected chi connectivity index (χ1v) is 10.6. The van der Waals surface area contributed by atoms with Gasteiger partial charge in [0.1, 0.15) is 5.82 Å². The van der Waals surface area contributed by atoms with Crippen molar-refractivity contribution in [1.29, 1.82) is 0 Å². The minimum absolute atomic E-state index is 0.0835. The van der Waals surface area contributed by atoms with Crippen LogP contribution < -0.4 is 14.8 Å². The van der Waals surface area contributed by atoms with Crippen LogP contribution >= 0.6 is 0 Å². The molecule has 1 aliphatic heterocycles. The van der Waals surface area contributed by atoms with E-state index in [0.29, 0.717) is 28.7 Å². The van der Waals surface area contributed by atoms with Crippen LogP contribution in [0.15, 0.2) is 60.7 Å². The smallest absolute Gasteiger partial charge is 0.235 e. The molecule has 2 aliphatic rings. The zero-order chi connectivity index (χ0) is 21.6. The van der Waals surface area contributed by atoms with Crippen molar-refractivity contribution < 1.29 is 18.7 Å². The van der Waals surface area contributed by atoms with Crippen molar-refractivity contribution in [3.63, 3.8) is 0 Å². The predicted octanol–water partition coefficient (Wildman–Crippen LogP) is 6.02. The predicted molar refractivity (Wildman–Crippen MR) is 118 cm³/mol. The average molecular weight is 417 g/mol. The molecule has 0 unspecified atom stereocenters. The Morgan fingerprint density at radius 1 is 1.00 bits per heavy atom. The summed E-state index contributed by atoms with van der Waals surface area (Å²) in [5.41, 5.74) is 3.35. The minimum atomic E-state index is -0.576. The summed E-state index contributed by atoms with van der Waals surface area (Å²) in [5.74, 6) is 1.33. The molecule has 1 N–H and O–H groups in total. The third-order valence-electron chi connectivity index (χ3n) is 6.20. The van der Waals surface area contributed by atoms with Gasteiger partial charge in [-0.05, 0) is 65.8 Å².